The summed E-state index contributed by atoms with van der Waals surface area (Å²) in [6.07, 6.45) is -4.61. The normalized spacial score (nSPS) is 12.9. The number of rotatable bonds is 4. The summed E-state index contributed by atoms with van der Waals surface area (Å²) in [6.45, 7) is 4.32. The summed E-state index contributed by atoms with van der Waals surface area (Å²) in [7, 11) is 3.77. The third kappa shape index (κ3) is 4.50. The molecule has 1 N–H and O–H groups in total. The van der Waals surface area contributed by atoms with Crippen molar-refractivity contribution in [1.29, 1.82) is 0 Å². The zero-order valence-corrected chi connectivity index (χ0v) is 11.9. The van der Waals surface area contributed by atoms with Crippen molar-refractivity contribution in [3.05, 3.63) is 17.0 Å². The van der Waals surface area contributed by atoms with Gasteiger partial charge in [0.2, 0.25) is 5.82 Å². The maximum atomic E-state index is 12.5. The Hall–Kier alpha value is -1.08. The van der Waals surface area contributed by atoms with Crippen molar-refractivity contribution < 1.29 is 13.2 Å². The van der Waals surface area contributed by atoms with Gasteiger partial charge in [-0.15, -0.1) is 0 Å². The smallest absolute Gasteiger partial charge is 0.368 e. The van der Waals surface area contributed by atoms with E-state index in [0.717, 1.165) is 0 Å². The van der Waals surface area contributed by atoms with Gasteiger partial charge in [-0.05, 0) is 27.9 Å². The zero-order chi connectivity index (χ0) is 14.8. The Morgan fingerprint density at radius 1 is 1.26 bits per heavy atom. The number of hydrogen-bond donors (Lipinski definition) is 1. The molecular formula is C11H16ClF3N4. The zero-order valence-electron chi connectivity index (χ0n) is 11.1. The van der Waals surface area contributed by atoms with Crippen LogP contribution in [-0.4, -0.2) is 41.0 Å². The van der Waals surface area contributed by atoms with Gasteiger partial charge in [0.25, 0.3) is 0 Å². The van der Waals surface area contributed by atoms with Gasteiger partial charge in [0.1, 0.15) is 11.0 Å². The minimum atomic E-state index is -4.61. The number of alkyl halides is 3. The first-order valence-corrected chi connectivity index (χ1v) is 5.93. The van der Waals surface area contributed by atoms with Gasteiger partial charge in [-0.25, -0.2) is 9.97 Å². The van der Waals surface area contributed by atoms with Crippen molar-refractivity contribution >= 4 is 17.4 Å². The minimum Gasteiger partial charge on any atom is -0.368 e. The maximum absolute atomic E-state index is 12.5. The van der Waals surface area contributed by atoms with Crippen LogP contribution >= 0.6 is 11.6 Å². The fraction of sp³-hybridized carbons (Fsp3) is 0.636. The standard InChI is InChI=1S/C11H16ClF3N4/c1-10(2,19(3)4)6-16-8-5-7(12)17-9(18-8)11(13,14)15/h5H,6H2,1-4H3,(H,16,17,18). The molecule has 0 aliphatic carbocycles. The first kappa shape index (κ1) is 16.0. The van der Waals surface area contributed by atoms with Crippen LogP contribution in [0.5, 0.6) is 0 Å². The van der Waals surface area contributed by atoms with E-state index in [-0.39, 0.29) is 16.5 Å². The minimum absolute atomic E-state index is 0.0576. The first-order valence-electron chi connectivity index (χ1n) is 5.55. The maximum Gasteiger partial charge on any atom is 0.451 e. The van der Waals surface area contributed by atoms with Crippen LogP contribution < -0.4 is 5.32 Å². The molecule has 19 heavy (non-hydrogen) atoms. The van der Waals surface area contributed by atoms with Gasteiger partial charge < -0.3 is 10.2 Å². The Bertz CT molecular complexity index is 446. The molecule has 0 spiro atoms. The van der Waals surface area contributed by atoms with E-state index in [1.165, 1.54) is 6.07 Å². The average molecular weight is 297 g/mol. The van der Waals surface area contributed by atoms with Crippen LogP contribution in [0.3, 0.4) is 0 Å². The van der Waals surface area contributed by atoms with Crippen LogP contribution in [0.1, 0.15) is 19.7 Å². The molecule has 0 aliphatic rings. The summed E-state index contributed by atoms with van der Waals surface area (Å²) in [5.41, 5.74) is -0.240. The van der Waals surface area contributed by atoms with Gasteiger partial charge >= 0.3 is 6.18 Å². The number of halogens is 4. The Labute approximate surface area is 115 Å². The third-order valence-corrected chi connectivity index (χ3v) is 3.05. The van der Waals surface area contributed by atoms with Crippen molar-refractivity contribution in [2.24, 2.45) is 0 Å². The average Bonchev–Trinajstić information content (AvgIpc) is 2.24. The Kier molecular flexibility index (Phi) is 4.63. The van der Waals surface area contributed by atoms with Gasteiger partial charge in [-0.1, -0.05) is 11.6 Å². The summed E-state index contributed by atoms with van der Waals surface area (Å²) >= 11 is 5.57. The molecule has 0 fully saturated rings. The van der Waals surface area contributed by atoms with E-state index >= 15 is 0 Å². The van der Waals surface area contributed by atoms with Crippen LogP contribution in [0.4, 0.5) is 19.0 Å². The van der Waals surface area contributed by atoms with Crippen LogP contribution in [0.15, 0.2) is 6.07 Å². The van der Waals surface area contributed by atoms with E-state index in [1.807, 2.05) is 32.8 Å². The highest BCUT2D eigenvalue weighted by atomic mass is 35.5. The second kappa shape index (κ2) is 5.50. The highest BCUT2D eigenvalue weighted by Crippen LogP contribution is 2.28. The summed E-state index contributed by atoms with van der Waals surface area (Å²) in [6, 6.07) is 1.27. The topological polar surface area (TPSA) is 41.0 Å². The molecular weight excluding hydrogens is 281 g/mol. The van der Waals surface area contributed by atoms with E-state index in [9.17, 15) is 13.2 Å². The quantitative estimate of drug-likeness (QED) is 0.868. The largest absolute Gasteiger partial charge is 0.451 e. The van der Waals surface area contributed by atoms with Crippen LogP contribution in [0.25, 0.3) is 0 Å². The van der Waals surface area contributed by atoms with E-state index < -0.39 is 12.0 Å². The molecule has 1 aromatic rings. The number of likely N-dealkylation sites (N-methyl/N-ethyl adjacent to an activating group) is 1. The molecule has 1 aromatic heterocycles. The molecule has 4 nitrogen and oxygen atoms in total. The van der Waals surface area contributed by atoms with Crippen molar-refractivity contribution in [3.63, 3.8) is 0 Å². The number of nitrogens with one attached hydrogen (secondary N) is 1. The van der Waals surface area contributed by atoms with E-state index in [0.29, 0.717) is 6.54 Å². The van der Waals surface area contributed by atoms with Gasteiger partial charge in [-0.3, -0.25) is 0 Å². The highest BCUT2D eigenvalue weighted by Gasteiger charge is 2.35. The fourth-order valence-electron chi connectivity index (χ4n) is 1.10. The van der Waals surface area contributed by atoms with Crippen LogP contribution in [-0.2, 0) is 6.18 Å². The molecule has 1 rings (SSSR count). The second-order valence-corrected chi connectivity index (χ2v) is 5.34. The lowest BCUT2D eigenvalue weighted by atomic mass is 10.0. The molecule has 108 valence electrons. The van der Waals surface area contributed by atoms with Crippen molar-refractivity contribution in [2.45, 2.75) is 25.6 Å². The Morgan fingerprint density at radius 3 is 2.32 bits per heavy atom. The lowest BCUT2D eigenvalue weighted by Crippen LogP contribution is -2.44. The van der Waals surface area contributed by atoms with Crippen molar-refractivity contribution in [2.75, 3.05) is 26.0 Å². The molecule has 0 radical (unpaired) electrons. The molecule has 1 heterocycles. The molecule has 8 heteroatoms. The summed E-state index contributed by atoms with van der Waals surface area (Å²) in [5, 5.41) is 2.60. The molecule has 0 bridgehead atoms. The molecule has 0 saturated carbocycles. The monoisotopic (exact) mass is 296 g/mol. The van der Waals surface area contributed by atoms with E-state index in [1.54, 1.807) is 0 Å². The van der Waals surface area contributed by atoms with Crippen molar-refractivity contribution in [3.8, 4) is 0 Å². The predicted octanol–water partition coefficient (Wildman–Crippen LogP) is 2.90. The third-order valence-electron chi connectivity index (χ3n) is 2.86. The molecule has 0 aromatic carbocycles. The highest BCUT2D eigenvalue weighted by molar-refractivity contribution is 6.29. The fourth-order valence-corrected chi connectivity index (χ4v) is 1.28. The van der Waals surface area contributed by atoms with Crippen molar-refractivity contribution in [1.82, 2.24) is 14.9 Å². The van der Waals surface area contributed by atoms with Gasteiger partial charge in [0.15, 0.2) is 0 Å². The molecule has 0 aliphatic heterocycles. The predicted molar refractivity (Wildman–Crippen MR) is 68.3 cm³/mol. The van der Waals surface area contributed by atoms with Gasteiger partial charge in [-0.2, -0.15) is 13.2 Å². The number of aromatic nitrogens is 2. The first-order chi connectivity index (χ1) is 8.52. The number of nitrogens with zero attached hydrogens (tertiary/aromatic N) is 3. The molecule has 0 saturated heterocycles. The summed E-state index contributed by atoms with van der Waals surface area (Å²) in [4.78, 5) is 8.53. The summed E-state index contributed by atoms with van der Waals surface area (Å²) < 4.78 is 37.6. The molecule has 0 atom stereocenters. The van der Waals surface area contributed by atoms with E-state index in [4.69, 9.17) is 11.6 Å². The van der Waals surface area contributed by atoms with Gasteiger partial charge in [0.05, 0.1) is 0 Å². The SMILES string of the molecule is CN(C)C(C)(C)CNc1cc(Cl)nc(C(F)(F)F)n1. The van der Waals surface area contributed by atoms with Crippen LogP contribution in [0.2, 0.25) is 5.15 Å². The lowest BCUT2D eigenvalue weighted by Gasteiger charge is -2.32. The molecule has 0 amide bonds. The number of hydrogen-bond acceptors (Lipinski definition) is 4. The summed E-state index contributed by atoms with van der Waals surface area (Å²) in [5.74, 6) is -1.19. The Balaban J connectivity index is 2.88. The lowest BCUT2D eigenvalue weighted by molar-refractivity contribution is -0.144. The van der Waals surface area contributed by atoms with E-state index in [2.05, 4.69) is 15.3 Å². The number of anilines is 1. The second-order valence-electron chi connectivity index (χ2n) is 4.96. The van der Waals surface area contributed by atoms with Crippen LogP contribution in [0, 0.1) is 0 Å². The van der Waals surface area contributed by atoms with Gasteiger partial charge in [0, 0.05) is 18.2 Å². The Morgan fingerprint density at radius 2 is 1.84 bits per heavy atom. The molecule has 0 unspecified atom stereocenters.